The van der Waals surface area contributed by atoms with Crippen LogP contribution in [0.15, 0.2) is 23.2 Å². The Kier molecular flexibility index (Phi) is 16.4. The number of isocyanates is 1. The number of hydrogen-bond donors (Lipinski definition) is 1. The average Bonchev–Trinajstić information content (AvgIpc) is 3.19. The van der Waals surface area contributed by atoms with Crippen LogP contribution in [0.25, 0.3) is 0 Å². The second-order valence-corrected chi connectivity index (χ2v) is 14.7. The van der Waals surface area contributed by atoms with Crippen LogP contribution < -0.4 is 5.32 Å². The van der Waals surface area contributed by atoms with Gasteiger partial charge in [0.2, 0.25) is 6.08 Å². The van der Waals surface area contributed by atoms with Crippen molar-refractivity contribution in [2.45, 2.75) is 139 Å². The molecule has 0 heterocycles. The molecule has 0 aliphatic heterocycles. The van der Waals surface area contributed by atoms with Crippen molar-refractivity contribution in [3.8, 4) is 0 Å². The van der Waals surface area contributed by atoms with E-state index < -0.39 is 142 Å². The number of carbonyl (C=O) groups is 1. The molecule has 1 unspecified atom stereocenters. The fraction of sp³-hybridized carbons (Fsp3) is 0.742. The van der Waals surface area contributed by atoms with E-state index >= 15 is 0 Å². The Morgan fingerprint density at radius 3 is 0.878 bits per heavy atom. The quantitative estimate of drug-likeness (QED) is 0.0714. The van der Waals surface area contributed by atoms with Crippen molar-refractivity contribution in [2.75, 3.05) is 0 Å². The maximum atomic E-state index is 14.5. The predicted molar refractivity (Wildman–Crippen MR) is 156 cm³/mol. The van der Waals surface area contributed by atoms with Crippen molar-refractivity contribution in [1.82, 2.24) is 5.32 Å². The number of aliphatic imine (C=N–C) groups is 1. The predicted octanol–water partition coefficient (Wildman–Crippen LogP) is 14.5. The molecule has 1 rings (SSSR count). The largest absolute Gasteiger partial charge is 0.460 e. The summed E-state index contributed by atoms with van der Waals surface area (Å²) in [4.78, 5) is 25.9. The number of nitrogens with one attached hydrogen (secondary N) is 1. The summed E-state index contributed by atoms with van der Waals surface area (Å²) >= 11 is 0. The molecule has 1 aromatic carbocycles. The highest BCUT2D eigenvalue weighted by molar-refractivity contribution is 6.00. The molecule has 1 N–H and O–H groups in total. The van der Waals surface area contributed by atoms with Crippen LogP contribution in [0.5, 0.6) is 0 Å². The zero-order chi connectivity index (χ0) is 60.3. The molecule has 0 saturated heterocycles. The minimum Gasteiger partial charge on any atom is -0.349 e. The average molecular weight is 1190 g/mol. The van der Waals surface area contributed by atoms with Gasteiger partial charge in [-0.05, 0) is 25.5 Å². The number of halogens is 39. The van der Waals surface area contributed by atoms with Gasteiger partial charge in [0.1, 0.15) is 0 Å². The van der Waals surface area contributed by atoms with Crippen LogP contribution >= 0.6 is 0 Å². The normalized spacial score (nSPS) is 16.5. The van der Waals surface area contributed by atoms with Crippen LogP contribution in [0.4, 0.5) is 177 Å². The fourth-order valence-corrected chi connectivity index (χ4v) is 5.27. The van der Waals surface area contributed by atoms with E-state index in [0.717, 1.165) is 30.5 Å². The number of nitrogens with zero attached hydrogens (tertiary/aromatic N) is 1. The number of carbonyl (C=O) groups excluding carboxylic acids is 2. The van der Waals surface area contributed by atoms with E-state index in [1.807, 2.05) is 0 Å². The lowest BCUT2D eigenvalue weighted by Gasteiger charge is -2.47. The number of alkyl halides is 39. The maximum Gasteiger partial charge on any atom is 0.460 e. The SMILES string of the molecule is Cc1cccc(C(=O)NC(C)CC(F)(F)C(F)(F)C(F)(F)C(F)(F)C(F)(F)C(F)(F)C(F)(F)C(F)(F)C(F)(F)C(F)(F)C(F)(F)C(F)(F)C(F)(F)C(F)(F)C(F)(F)C(F)(F)C(F)(F)C(F)(F)C(F)(F)F)c1N=C=O. The van der Waals surface area contributed by atoms with Gasteiger partial charge in [0.25, 0.3) is 5.91 Å². The Labute approximate surface area is 378 Å². The molecule has 4 nitrogen and oxygen atoms in total. The zero-order valence-corrected chi connectivity index (χ0v) is 33.5. The summed E-state index contributed by atoms with van der Waals surface area (Å²) in [6.07, 6.45) is -11.1. The van der Waals surface area contributed by atoms with E-state index in [9.17, 15) is 181 Å². The maximum absolute atomic E-state index is 14.5. The van der Waals surface area contributed by atoms with Gasteiger partial charge in [-0.2, -0.15) is 176 Å². The van der Waals surface area contributed by atoms with Crippen molar-refractivity contribution in [2.24, 2.45) is 4.99 Å². The zero-order valence-electron chi connectivity index (χ0n) is 33.5. The molecular formula is C31H13F39N2O2. The Morgan fingerprint density at radius 1 is 0.419 bits per heavy atom. The number of para-hydroxylation sites is 1. The Bertz CT molecular complexity index is 2290. The molecule has 1 atom stereocenters. The second-order valence-electron chi connectivity index (χ2n) is 14.7. The third-order valence-electron chi connectivity index (χ3n) is 9.70. The monoisotopic (exact) mass is 1190 g/mol. The standard InChI is InChI=1S/C31H13F39N2O2/c1-8-4-3-5-10(11(8)71-7-73)12(74)72-9(2)6-13(32,33)14(34,35)15(36,37)16(38,39)17(40,41)18(42,43)19(44,45)20(46,47)21(48,49)22(50,51)23(52,53)24(54,55)25(56,57)26(58,59)27(60,61)28(62,63)29(64,65)30(66,67)31(68,69)70/h3-5,9H,6H2,1-2H3,(H,72,74). The van der Waals surface area contributed by atoms with Gasteiger partial charge in [0.15, 0.2) is 0 Å². The molecular weight excluding hydrogens is 1170 g/mol. The first kappa shape index (κ1) is 67.4. The van der Waals surface area contributed by atoms with E-state index in [1.54, 1.807) is 0 Å². The number of hydrogen-bond acceptors (Lipinski definition) is 3. The van der Waals surface area contributed by atoms with Crippen LogP contribution in [-0.4, -0.2) is 131 Å². The van der Waals surface area contributed by atoms with Crippen molar-refractivity contribution >= 4 is 17.7 Å². The number of benzene rings is 1. The van der Waals surface area contributed by atoms with Crippen LogP contribution in [0, 0.1) is 6.92 Å². The minimum absolute atomic E-state index is 0.0502. The molecule has 43 heteroatoms. The molecule has 0 aliphatic carbocycles. The van der Waals surface area contributed by atoms with Crippen LogP contribution in [-0.2, 0) is 4.79 Å². The third kappa shape index (κ3) is 8.44. The van der Waals surface area contributed by atoms with Gasteiger partial charge >= 0.3 is 113 Å². The fourth-order valence-electron chi connectivity index (χ4n) is 5.27. The summed E-state index contributed by atoms with van der Waals surface area (Å²) in [5, 5.41) is 1.13. The number of aryl methyl sites for hydroxylation is 1. The topological polar surface area (TPSA) is 58.5 Å². The third-order valence-corrected chi connectivity index (χ3v) is 9.70. The van der Waals surface area contributed by atoms with Gasteiger partial charge < -0.3 is 5.32 Å². The molecule has 0 radical (unpaired) electrons. The van der Waals surface area contributed by atoms with Gasteiger partial charge in [-0.15, -0.1) is 0 Å². The molecule has 0 aliphatic rings. The molecule has 0 aromatic heterocycles. The number of amides is 1. The summed E-state index contributed by atoms with van der Waals surface area (Å²) in [7, 11) is 0. The van der Waals surface area contributed by atoms with Crippen LogP contribution in [0.2, 0.25) is 0 Å². The number of rotatable bonds is 22. The van der Waals surface area contributed by atoms with Gasteiger partial charge in [0.05, 0.1) is 11.3 Å². The summed E-state index contributed by atoms with van der Waals surface area (Å²) in [5.41, 5.74) is -1.96. The second kappa shape index (κ2) is 18.0. The smallest absolute Gasteiger partial charge is 0.349 e. The summed E-state index contributed by atoms with van der Waals surface area (Å²) in [5.74, 6) is -180. The molecule has 1 amide bonds. The van der Waals surface area contributed by atoms with E-state index in [2.05, 4.69) is 4.99 Å². The minimum atomic E-state index is -10.6. The molecule has 0 fully saturated rings. The lowest BCUT2D eigenvalue weighted by molar-refractivity contribution is -0.494. The highest BCUT2D eigenvalue weighted by Gasteiger charge is 3.03. The first-order valence-electron chi connectivity index (χ1n) is 17.1. The molecule has 1 aromatic rings. The van der Waals surface area contributed by atoms with E-state index in [-0.39, 0.29) is 12.5 Å². The summed E-state index contributed by atoms with van der Waals surface area (Å²) < 4.78 is 543. The Balaban J connectivity index is 4.00. The van der Waals surface area contributed by atoms with Crippen LogP contribution in [0.1, 0.15) is 29.3 Å². The highest BCUT2D eigenvalue weighted by atomic mass is 19.4. The van der Waals surface area contributed by atoms with E-state index in [4.69, 9.17) is 0 Å². The molecule has 432 valence electrons. The van der Waals surface area contributed by atoms with Crippen molar-refractivity contribution in [3.63, 3.8) is 0 Å². The van der Waals surface area contributed by atoms with Crippen LogP contribution in [0.3, 0.4) is 0 Å². The van der Waals surface area contributed by atoms with Gasteiger partial charge in [-0.1, -0.05) is 12.1 Å². The summed E-state index contributed by atoms with van der Waals surface area (Å²) in [6, 6.07) is -0.551. The Hall–Kier alpha value is -4.66. The van der Waals surface area contributed by atoms with Gasteiger partial charge in [-0.25, -0.2) is 4.79 Å². The molecule has 0 spiro atoms. The first-order chi connectivity index (χ1) is 31.7. The first-order valence-corrected chi connectivity index (χ1v) is 17.1. The van der Waals surface area contributed by atoms with Gasteiger partial charge in [0, 0.05) is 12.5 Å². The summed E-state index contributed by atoms with van der Waals surface area (Å²) in [6.45, 7) is 0.964. The molecule has 74 heavy (non-hydrogen) atoms. The highest BCUT2D eigenvalue weighted by Crippen LogP contribution is 2.71. The van der Waals surface area contributed by atoms with Crippen molar-refractivity contribution in [3.05, 3.63) is 29.3 Å². The van der Waals surface area contributed by atoms with Crippen molar-refractivity contribution < 1.29 is 181 Å². The van der Waals surface area contributed by atoms with E-state index in [1.165, 1.54) is 0 Å². The van der Waals surface area contributed by atoms with Crippen molar-refractivity contribution in [1.29, 1.82) is 0 Å². The molecule has 0 bridgehead atoms. The lowest BCUT2D eigenvalue weighted by atomic mass is 9.81. The van der Waals surface area contributed by atoms with Gasteiger partial charge in [-0.3, -0.25) is 4.79 Å². The lowest BCUT2D eigenvalue weighted by Crippen LogP contribution is -2.80. The molecule has 0 saturated carbocycles. The van der Waals surface area contributed by atoms with E-state index in [0.29, 0.717) is 6.07 Å². The Morgan fingerprint density at radius 2 is 0.649 bits per heavy atom.